The van der Waals surface area contributed by atoms with E-state index in [9.17, 15) is 9.59 Å². The van der Waals surface area contributed by atoms with Crippen LogP contribution in [0.25, 0.3) is 0 Å². The van der Waals surface area contributed by atoms with Crippen molar-refractivity contribution in [2.75, 3.05) is 26.2 Å². The molecule has 0 radical (unpaired) electrons. The molecule has 4 nitrogen and oxygen atoms in total. The number of rotatable bonds is 4. The molecular formula is C19H30N2O2. The van der Waals surface area contributed by atoms with Gasteiger partial charge in [-0.05, 0) is 50.9 Å². The predicted molar refractivity (Wildman–Crippen MR) is 90.8 cm³/mol. The fourth-order valence-electron chi connectivity index (χ4n) is 4.21. The van der Waals surface area contributed by atoms with Gasteiger partial charge in [-0.3, -0.25) is 9.59 Å². The van der Waals surface area contributed by atoms with Crippen molar-refractivity contribution in [1.82, 2.24) is 9.80 Å². The molecule has 2 heterocycles. The quantitative estimate of drug-likeness (QED) is 0.748. The number of carbonyl (C=O) groups excluding carboxylic acids is 2. The van der Waals surface area contributed by atoms with E-state index in [0.29, 0.717) is 18.9 Å². The second kappa shape index (κ2) is 7.50. The highest BCUT2D eigenvalue weighted by atomic mass is 16.2. The Balaban J connectivity index is 1.50. The number of amides is 2. The maximum absolute atomic E-state index is 12.7. The standard InChI is InChI=1S/C19H30N2O2/c1-15-6-5-10-21(13-15)19(23)17-12-18(22)20(14-17)11-9-16-7-3-2-4-8-16/h7,15,17H,2-6,8-14H2,1H3. The average molecular weight is 318 g/mol. The molecule has 2 aliphatic heterocycles. The molecule has 0 aromatic heterocycles. The Bertz CT molecular complexity index is 486. The van der Waals surface area contributed by atoms with Crippen LogP contribution in [0.2, 0.25) is 0 Å². The van der Waals surface area contributed by atoms with Gasteiger partial charge in [-0.1, -0.05) is 18.6 Å². The molecule has 2 unspecified atom stereocenters. The zero-order valence-corrected chi connectivity index (χ0v) is 14.4. The second-order valence-corrected chi connectivity index (χ2v) is 7.63. The van der Waals surface area contributed by atoms with Gasteiger partial charge in [-0.2, -0.15) is 0 Å². The largest absolute Gasteiger partial charge is 0.342 e. The van der Waals surface area contributed by atoms with Crippen LogP contribution in [0.3, 0.4) is 0 Å². The van der Waals surface area contributed by atoms with Crippen LogP contribution in [-0.4, -0.2) is 47.8 Å². The van der Waals surface area contributed by atoms with Crippen LogP contribution >= 0.6 is 0 Å². The third kappa shape index (κ3) is 4.15. The fraction of sp³-hybridized carbons (Fsp3) is 0.789. The minimum absolute atomic E-state index is 0.104. The summed E-state index contributed by atoms with van der Waals surface area (Å²) in [6.07, 6.45) is 11.1. The summed E-state index contributed by atoms with van der Waals surface area (Å²) in [6, 6.07) is 0. The summed E-state index contributed by atoms with van der Waals surface area (Å²) in [7, 11) is 0. The van der Waals surface area contributed by atoms with E-state index < -0.39 is 0 Å². The second-order valence-electron chi connectivity index (χ2n) is 7.63. The van der Waals surface area contributed by atoms with Crippen molar-refractivity contribution in [3.63, 3.8) is 0 Å². The van der Waals surface area contributed by atoms with Gasteiger partial charge >= 0.3 is 0 Å². The normalized spacial score (nSPS) is 28.9. The van der Waals surface area contributed by atoms with Crippen LogP contribution in [0, 0.1) is 11.8 Å². The molecule has 1 aliphatic carbocycles. The Morgan fingerprint density at radius 3 is 2.87 bits per heavy atom. The highest BCUT2D eigenvalue weighted by molar-refractivity contribution is 5.89. The van der Waals surface area contributed by atoms with E-state index in [1.165, 1.54) is 37.7 Å². The lowest BCUT2D eigenvalue weighted by atomic mass is 9.97. The average Bonchev–Trinajstić information content (AvgIpc) is 2.94. The molecule has 0 bridgehead atoms. The van der Waals surface area contributed by atoms with Crippen LogP contribution in [0.4, 0.5) is 0 Å². The number of hydrogen-bond donors (Lipinski definition) is 0. The Hall–Kier alpha value is -1.32. The van der Waals surface area contributed by atoms with Gasteiger partial charge < -0.3 is 9.80 Å². The SMILES string of the molecule is CC1CCCN(C(=O)C2CC(=O)N(CCC3=CCCCC3)C2)C1. The van der Waals surface area contributed by atoms with Crippen LogP contribution < -0.4 is 0 Å². The Kier molecular flexibility index (Phi) is 5.39. The van der Waals surface area contributed by atoms with E-state index in [1.807, 2.05) is 9.80 Å². The van der Waals surface area contributed by atoms with E-state index in [-0.39, 0.29) is 17.7 Å². The van der Waals surface area contributed by atoms with Crippen molar-refractivity contribution in [3.05, 3.63) is 11.6 Å². The van der Waals surface area contributed by atoms with Crippen LogP contribution in [0.5, 0.6) is 0 Å². The first kappa shape index (κ1) is 16.5. The molecule has 2 amide bonds. The Labute approximate surface area is 139 Å². The number of likely N-dealkylation sites (tertiary alicyclic amines) is 2. The van der Waals surface area contributed by atoms with Crippen molar-refractivity contribution in [1.29, 1.82) is 0 Å². The van der Waals surface area contributed by atoms with Gasteiger partial charge in [0.2, 0.25) is 11.8 Å². The monoisotopic (exact) mass is 318 g/mol. The number of nitrogens with zero attached hydrogens (tertiary/aromatic N) is 2. The molecule has 0 aromatic carbocycles. The fourth-order valence-corrected chi connectivity index (χ4v) is 4.21. The van der Waals surface area contributed by atoms with E-state index >= 15 is 0 Å². The molecule has 0 N–H and O–H groups in total. The maximum Gasteiger partial charge on any atom is 0.228 e. The summed E-state index contributed by atoms with van der Waals surface area (Å²) >= 11 is 0. The summed E-state index contributed by atoms with van der Waals surface area (Å²) in [5.74, 6) is 0.876. The van der Waals surface area contributed by atoms with Gasteiger partial charge in [0.15, 0.2) is 0 Å². The predicted octanol–water partition coefficient (Wildman–Crippen LogP) is 2.98. The molecular weight excluding hydrogens is 288 g/mol. The van der Waals surface area contributed by atoms with Gasteiger partial charge in [0, 0.05) is 32.6 Å². The zero-order valence-electron chi connectivity index (χ0n) is 14.4. The molecule has 0 saturated carbocycles. The van der Waals surface area contributed by atoms with Gasteiger partial charge in [-0.25, -0.2) is 0 Å². The first-order valence-electron chi connectivity index (χ1n) is 9.38. The third-order valence-corrected chi connectivity index (χ3v) is 5.62. The topological polar surface area (TPSA) is 40.6 Å². The lowest BCUT2D eigenvalue weighted by Crippen LogP contribution is -2.43. The first-order valence-corrected chi connectivity index (χ1v) is 9.38. The van der Waals surface area contributed by atoms with Gasteiger partial charge in [0.1, 0.15) is 0 Å². The summed E-state index contributed by atoms with van der Waals surface area (Å²) in [6.45, 7) is 5.39. The lowest BCUT2D eigenvalue weighted by molar-refractivity contribution is -0.137. The minimum atomic E-state index is -0.104. The molecule has 2 saturated heterocycles. The van der Waals surface area contributed by atoms with Gasteiger partial charge in [0.25, 0.3) is 0 Å². The summed E-state index contributed by atoms with van der Waals surface area (Å²) in [4.78, 5) is 28.8. The van der Waals surface area contributed by atoms with Crippen molar-refractivity contribution in [2.45, 2.75) is 58.3 Å². The molecule has 2 fully saturated rings. The van der Waals surface area contributed by atoms with Gasteiger partial charge in [0.05, 0.1) is 5.92 Å². The molecule has 128 valence electrons. The molecule has 3 aliphatic rings. The summed E-state index contributed by atoms with van der Waals surface area (Å²) in [5.41, 5.74) is 1.50. The summed E-state index contributed by atoms with van der Waals surface area (Å²) in [5, 5.41) is 0. The number of piperidine rings is 1. The number of carbonyl (C=O) groups is 2. The minimum Gasteiger partial charge on any atom is -0.342 e. The number of allylic oxidation sites excluding steroid dienone is 1. The highest BCUT2D eigenvalue weighted by Gasteiger charge is 2.37. The molecule has 0 aromatic rings. The van der Waals surface area contributed by atoms with Crippen molar-refractivity contribution < 1.29 is 9.59 Å². The summed E-state index contributed by atoms with van der Waals surface area (Å²) < 4.78 is 0. The highest BCUT2D eigenvalue weighted by Crippen LogP contribution is 2.26. The smallest absolute Gasteiger partial charge is 0.228 e. The van der Waals surface area contributed by atoms with Crippen molar-refractivity contribution >= 4 is 11.8 Å². The van der Waals surface area contributed by atoms with Crippen molar-refractivity contribution in [3.8, 4) is 0 Å². The first-order chi connectivity index (χ1) is 11.1. The lowest BCUT2D eigenvalue weighted by Gasteiger charge is -2.32. The zero-order chi connectivity index (χ0) is 16.2. The molecule has 4 heteroatoms. The number of hydrogen-bond acceptors (Lipinski definition) is 2. The molecule has 3 rings (SSSR count). The molecule has 0 spiro atoms. The Morgan fingerprint density at radius 2 is 2.13 bits per heavy atom. The van der Waals surface area contributed by atoms with Crippen LogP contribution in [0.1, 0.15) is 58.3 Å². The van der Waals surface area contributed by atoms with E-state index in [4.69, 9.17) is 0 Å². The van der Waals surface area contributed by atoms with E-state index in [2.05, 4.69) is 13.0 Å². The maximum atomic E-state index is 12.7. The molecule has 2 atom stereocenters. The van der Waals surface area contributed by atoms with Crippen LogP contribution in [-0.2, 0) is 9.59 Å². The van der Waals surface area contributed by atoms with E-state index in [0.717, 1.165) is 32.5 Å². The van der Waals surface area contributed by atoms with Crippen LogP contribution in [0.15, 0.2) is 11.6 Å². The third-order valence-electron chi connectivity index (χ3n) is 5.62. The van der Waals surface area contributed by atoms with Gasteiger partial charge in [-0.15, -0.1) is 0 Å². The Morgan fingerprint density at radius 1 is 1.26 bits per heavy atom. The van der Waals surface area contributed by atoms with Crippen molar-refractivity contribution in [2.24, 2.45) is 11.8 Å². The van der Waals surface area contributed by atoms with E-state index in [1.54, 1.807) is 0 Å². The molecule has 23 heavy (non-hydrogen) atoms.